The number of nitrogens with zero attached hydrogens (tertiary/aromatic N) is 2. The fourth-order valence-corrected chi connectivity index (χ4v) is 3.88. The van der Waals surface area contributed by atoms with E-state index in [9.17, 15) is 9.18 Å². The summed E-state index contributed by atoms with van der Waals surface area (Å²) in [5, 5.41) is 1.05. The molecule has 0 aliphatic carbocycles. The molecule has 27 heavy (non-hydrogen) atoms. The first-order chi connectivity index (χ1) is 13.0. The minimum absolute atomic E-state index is 0.0823. The van der Waals surface area contributed by atoms with Gasteiger partial charge in [-0.2, -0.15) is 0 Å². The fourth-order valence-electron chi connectivity index (χ4n) is 3.88. The normalized spacial score (nSPS) is 20.9. The van der Waals surface area contributed by atoms with E-state index in [0.29, 0.717) is 6.54 Å². The van der Waals surface area contributed by atoms with Crippen LogP contribution in [0.3, 0.4) is 0 Å². The van der Waals surface area contributed by atoms with Crippen LogP contribution in [0.5, 0.6) is 0 Å². The lowest BCUT2D eigenvalue weighted by Crippen LogP contribution is -2.57. The molecule has 1 aliphatic rings. The highest BCUT2D eigenvalue weighted by molar-refractivity contribution is 5.98. The number of H-pyrrole nitrogens is 1. The van der Waals surface area contributed by atoms with Crippen LogP contribution < -0.4 is 0 Å². The summed E-state index contributed by atoms with van der Waals surface area (Å²) in [6.07, 6.45) is 1.89. The van der Waals surface area contributed by atoms with E-state index in [1.807, 2.05) is 47.5 Å². The number of hydrogen-bond donors (Lipinski definition) is 1. The van der Waals surface area contributed by atoms with Crippen LogP contribution in [0.2, 0.25) is 0 Å². The molecule has 4 rings (SSSR count). The van der Waals surface area contributed by atoms with E-state index in [2.05, 4.69) is 23.7 Å². The first-order valence-corrected chi connectivity index (χ1v) is 9.38. The number of carbonyl (C=O) groups excluding carboxylic acids is 1. The topological polar surface area (TPSA) is 39.3 Å². The smallest absolute Gasteiger partial charge is 0.254 e. The van der Waals surface area contributed by atoms with Gasteiger partial charge in [-0.3, -0.25) is 9.69 Å². The number of amides is 1. The summed E-state index contributed by atoms with van der Waals surface area (Å²) in [6, 6.07) is 14.8. The van der Waals surface area contributed by atoms with E-state index in [-0.39, 0.29) is 23.8 Å². The lowest BCUT2D eigenvalue weighted by Gasteiger charge is -2.44. The van der Waals surface area contributed by atoms with Crippen LogP contribution in [0.25, 0.3) is 10.9 Å². The molecule has 1 amide bonds. The molecule has 2 atom stereocenters. The molecule has 5 heteroatoms. The van der Waals surface area contributed by atoms with E-state index in [4.69, 9.17) is 0 Å². The van der Waals surface area contributed by atoms with Crippen LogP contribution >= 0.6 is 0 Å². The highest BCUT2D eigenvalue weighted by Crippen LogP contribution is 2.22. The maximum absolute atomic E-state index is 13.1. The van der Waals surface area contributed by atoms with Crippen LogP contribution in [0.4, 0.5) is 4.39 Å². The van der Waals surface area contributed by atoms with Gasteiger partial charge in [-0.15, -0.1) is 0 Å². The number of carbonyl (C=O) groups is 1. The Morgan fingerprint density at radius 2 is 1.85 bits per heavy atom. The van der Waals surface area contributed by atoms with Crippen molar-refractivity contribution >= 4 is 16.8 Å². The summed E-state index contributed by atoms with van der Waals surface area (Å²) >= 11 is 0. The molecular formula is C22H24FN3O. The third-order valence-electron chi connectivity index (χ3n) is 5.48. The maximum Gasteiger partial charge on any atom is 0.254 e. The molecule has 2 aromatic carbocycles. The lowest BCUT2D eigenvalue weighted by molar-refractivity contribution is 0.0291. The average molecular weight is 365 g/mol. The molecule has 3 aromatic rings. The molecule has 0 spiro atoms. The summed E-state index contributed by atoms with van der Waals surface area (Å²) in [4.78, 5) is 20.6. The van der Waals surface area contributed by atoms with Gasteiger partial charge in [-0.05, 0) is 55.8 Å². The third kappa shape index (κ3) is 3.60. The van der Waals surface area contributed by atoms with Crippen molar-refractivity contribution < 1.29 is 9.18 Å². The summed E-state index contributed by atoms with van der Waals surface area (Å²) < 4.78 is 13.1. The minimum Gasteiger partial charge on any atom is -0.361 e. The number of nitrogens with one attached hydrogen (secondary N) is 1. The van der Waals surface area contributed by atoms with Gasteiger partial charge in [0.1, 0.15) is 5.82 Å². The number of aromatic amines is 1. The van der Waals surface area contributed by atoms with Gasteiger partial charge in [-0.1, -0.05) is 12.1 Å². The van der Waals surface area contributed by atoms with Crippen LogP contribution in [0, 0.1) is 5.82 Å². The Morgan fingerprint density at radius 3 is 2.63 bits per heavy atom. The number of benzene rings is 2. The second-order valence-electron chi connectivity index (χ2n) is 7.49. The molecule has 0 radical (unpaired) electrons. The minimum atomic E-state index is -0.213. The number of fused-ring (bicyclic) bond motifs is 1. The Labute approximate surface area is 158 Å². The van der Waals surface area contributed by atoms with Crippen molar-refractivity contribution in [3.63, 3.8) is 0 Å². The number of rotatable bonds is 3. The van der Waals surface area contributed by atoms with Crippen molar-refractivity contribution in [2.45, 2.75) is 32.5 Å². The van der Waals surface area contributed by atoms with E-state index in [1.54, 1.807) is 0 Å². The molecule has 1 N–H and O–H groups in total. The van der Waals surface area contributed by atoms with Gasteiger partial charge in [0, 0.05) is 54.4 Å². The Kier molecular flexibility index (Phi) is 4.70. The molecular weight excluding hydrogens is 341 g/mol. The summed E-state index contributed by atoms with van der Waals surface area (Å²) in [5.41, 5.74) is 2.86. The van der Waals surface area contributed by atoms with Crippen LogP contribution in [0.15, 0.2) is 54.7 Å². The van der Waals surface area contributed by atoms with Crippen LogP contribution in [-0.2, 0) is 6.54 Å². The fraction of sp³-hybridized carbons (Fsp3) is 0.318. The number of aromatic nitrogens is 1. The predicted molar refractivity (Wildman–Crippen MR) is 105 cm³/mol. The zero-order valence-corrected chi connectivity index (χ0v) is 15.7. The molecule has 140 valence electrons. The van der Waals surface area contributed by atoms with Crippen molar-refractivity contribution in [2.24, 2.45) is 0 Å². The molecule has 0 saturated carbocycles. The zero-order chi connectivity index (χ0) is 19.0. The molecule has 0 bridgehead atoms. The zero-order valence-electron chi connectivity index (χ0n) is 15.7. The molecule has 4 nitrogen and oxygen atoms in total. The Balaban J connectivity index is 1.47. The Morgan fingerprint density at radius 1 is 1.07 bits per heavy atom. The number of piperazine rings is 1. The van der Waals surface area contributed by atoms with E-state index >= 15 is 0 Å². The Bertz CT molecular complexity index is 950. The van der Waals surface area contributed by atoms with Gasteiger partial charge in [-0.25, -0.2) is 4.39 Å². The van der Waals surface area contributed by atoms with Crippen molar-refractivity contribution in [3.8, 4) is 0 Å². The van der Waals surface area contributed by atoms with Gasteiger partial charge in [0.15, 0.2) is 0 Å². The summed E-state index contributed by atoms with van der Waals surface area (Å²) in [5.74, 6) is -0.131. The number of halogens is 1. The van der Waals surface area contributed by atoms with Gasteiger partial charge < -0.3 is 9.88 Å². The van der Waals surface area contributed by atoms with Gasteiger partial charge in [0.25, 0.3) is 5.91 Å². The first kappa shape index (κ1) is 17.7. The Hall–Kier alpha value is -2.66. The first-order valence-electron chi connectivity index (χ1n) is 9.38. The second-order valence-corrected chi connectivity index (χ2v) is 7.49. The standard InChI is InChI=1S/C22H24FN3O/c1-15-13-26(22(27)19-5-8-21-18(11-19)9-10-24-21)16(2)12-25(15)14-17-3-6-20(23)7-4-17/h3-11,15-16,24H,12-14H2,1-2H3/t15-,16?/m0/s1. The molecule has 1 fully saturated rings. The molecule has 1 unspecified atom stereocenters. The van der Waals surface area contributed by atoms with Crippen LogP contribution in [0.1, 0.15) is 29.8 Å². The van der Waals surface area contributed by atoms with Crippen molar-refractivity contribution in [2.75, 3.05) is 13.1 Å². The quantitative estimate of drug-likeness (QED) is 0.761. The third-order valence-corrected chi connectivity index (χ3v) is 5.48. The second kappa shape index (κ2) is 7.16. The summed E-state index contributed by atoms with van der Waals surface area (Å²) in [6.45, 7) is 6.49. The van der Waals surface area contributed by atoms with E-state index < -0.39 is 0 Å². The number of hydrogen-bond acceptors (Lipinski definition) is 2. The highest BCUT2D eigenvalue weighted by Gasteiger charge is 2.32. The molecule has 1 saturated heterocycles. The van der Waals surface area contributed by atoms with Crippen molar-refractivity contribution in [3.05, 3.63) is 71.7 Å². The predicted octanol–water partition coefficient (Wildman–Crippen LogP) is 4.04. The molecule has 2 heterocycles. The van der Waals surface area contributed by atoms with Crippen molar-refractivity contribution in [1.82, 2.24) is 14.8 Å². The summed E-state index contributed by atoms with van der Waals surface area (Å²) in [7, 11) is 0. The average Bonchev–Trinajstić information content (AvgIpc) is 3.13. The van der Waals surface area contributed by atoms with Gasteiger partial charge in [0.2, 0.25) is 0 Å². The SMILES string of the molecule is CC1CN(Cc2ccc(F)cc2)[C@@H](C)CN1C(=O)c1ccc2[nH]ccc2c1. The highest BCUT2D eigenvalue weighted by atomic mass is 19.1. The monoisotopic (exact) mass is 365 g/mol. The lowest BCUT2D eigenvalue weighted by atomic mass is 10.0. The van der Waals surface area contributed by atoms with E-state index in [1.165, 1.54) is 12.1 Å². The van der Waals surface area contributed by atoms with E-state index in [0.717, 1.165) is 35.1 Å². The van der Waals surface area contributed by atoms with Crippen LogP contribution in [-0.4, -0.2) is 45.9 Å². The van der Waals surface area contributed by atoms with Crippen molar-refractivity contribution in [1.29, 1.82) is 0 Å². The maximum atomic E-state index is 13.1. The molecule has 1 aliphatic heterocycles. The van der Waals surface area contributed by atoms with Gasteiger partial charge in [0.05, 0.1) is 0 Å². The largest absolute Gasteiger partial charge is 0.361 e. The molecule has 1 aromatic heterocycles. The van der Waals surface area contributed by atoms with Gasteiger partial charge >= 0.3 is 0 Å².